The molecule has 3 heteroatoms. The average molecular weight is 217 g/mol. The molecule has 0 radical (unpaired) electrons. The van der Waals surface area contributed by atoms with E-state index >= 15 is 0 Å². The fraction of sp³-hybridized carbons (Fsp3) is 1.00. The van der Waals surface area contributed by atoms with Crippen molar-refractivity contribution in [3.63, 3.8) is 0 Å². The molecule has 0 aromatic heterocycles. The van der Waals surface area contributed by atoms with Crippen LogP contribution in [0.25, 0.3) is 0 Å². The zero-order valence-corrected chi connectivity index (χ0v) is 12.3. The van der Waals surface area contributed by atoms with Crippen LogP contribution in [0.3, 0.4) is 0 Å². The molecule has 0 spiro atoms. The first-order valence-electron chi connectivity index (χ1n) is 5.93. The summed E-state index contributed by atoms with van der Waals surface area (Å²) in [7, 11) is 0.843. The molecule has 0 bridgehead atoms. The summed E-state index contributed by atoms with van der Waals surface area (Å²) in [5.41, 5.74) is 5.95. The third kappa shape index (κ3) is 3.37. The molecule has 1 atom stereocenters. The monoisotopic (exact) mass is 217 g/mol. The van der Waals surface area contributed by atoms with Crippen molar-refractivity contribution in [1.82, 2.24) is 0 Å². The summed E-state index contributed by atoms with van der Waals surface area (Å²) < 4.78 is 5.77. The molecule has 0 saturated carbocycles. The Balaban J connectivity index is 4.40. The van der Waals surface area contributed by atoms with Crippen LogP contribution in [0.2, 0.25) is 0 Å². The van der Waals surface area contributed by atoms with Gasteiger partial charge in [-0.2, -0.15) is 0 Å². The van der Waals surface area contributed by atoms with E-state index < -0.39 is 0 Å². The number of nitrogens with two attached hydrogens (primary N) is 1. The lowest BCUT2D eigenvalue weighted by atomic mass is 9.73. The van der Waals surface area contributed by atoms with Crippen LogP contribution >= 0.6 is 0 Å². The van der Waals surface area contributed by atoms with E-state index in [0.717, 1.165) is 29.9 Å². The zero-order chi connectivity index (χ0) is 11.0. The Labute approximate surface area is 92.1 Å². The third-order valence-corrected chi connectivity index (χ3v) is 4.32. The topological polar surface area (TPSA) is 35.2 Å². The van der Waals surface area contributed by atoms with Crippen LogP contribution in [0, 0.1) is 5.41 Å². The highest BCUT2D eigenvalue weighted by Gasteiger charge is 2.32. The Hall–Kier alpha value is 0.137. The predicted octanol–water partition coefficient (Wildman–Crippen LogP) is 1.61. The molecule has 0 heterocycles. The Kier molecular flexibility index (Phi) is 7.50. The van der Waals surface area contributed by atoms with Crippen LogP contribution in [0.5, 0.6) is 0 Å². The normalized spacial score (nSPS) is 14.6. The van der Waals surface area contributed by atoms with Crippen molar-refractivity contribution >= 4 is 10.5 Å². The second kappa shape index (κ2) is 7.43. The van der Waals surface area contributed by atoms with Gasteiger partial charge in [0.05, 0.1) is 0 Å². The van der Waals surface area contributed by atoms with Gasteiger partial charge in [-0.1, -0.05) is 20.8 Å². The second-order valence-electron chi connectivity index (χ2n) is 4.08. The summed E-state index contributed by atoms with van der Waals surface area (Å²) in [6.45, 7) is 7.63. The van der Waals surface area contributed by atoms with Gasteiger partial charge in [0.2, 0.25) is 0 Å². The van der Waals surface area contributed by atoms with E-state index in [1.807, 2.05) is 0 Å². The molecule has 86 valence electrons. The Morgan fingerprint density at radius 3 is 2.00 bits per heavy atom. The smallest absolute Gasteiger partial charge is 0.146 e. The maximum Gasteiger partial charge on any atom is 0.146 e. The molecule has 1 unspecified atom stereocenters. The lowest BCUT2D eigenvalue weighted by Gasteiger charge is -2.38. The van der Waals surface area contributed by atoms with Gasteiger partial charge < -0.3 is 10.2 Å². The molecule has 0 aromatic rings. The van der Waals surface area contributed by atoms with Crippen molar-refractivity contribution in [3.8, 4) is 0 Å². The average Bonchev–Trinajstić information content (AvgIpc) is 2.25. The highest BCUT2D eigenvalue weighted by Crippen LogP contribution is 2.37. The summed E-state index contributed by atoms with van der Waals surface area (Å²) in [6.07, 6.45) is 6.33. The van der Waals surface area contributed by atoms with Gasteiger partial charge in [0.1, 0.15) is 10.5 Å². The largest absolute Gasteiger partial charge is 0.424 e. The summed E-state index contributed by atoms with van der Waals surface area (Å²) in [4.78, 5) is 0. The maximum absolute atomic E-state index is 5.77. The summed E-state index contributed by atoms with van der Waals surface area (Å²) in [5, 5.41) is 0. The SMILES string of the molecule is CCC(CC)(CC)C(CCCN)O[SiH3]. The minimum absolute atomic E-state index is 0.400. The van der Waals surface area contributed by atoms with E-state index in [-0.39, 0.29) is 0 Å². The molecule has 0 aliphatic rings. The van der Waals surface area contributed by atoms with E-state index in [9.17, 15) is 0 Å². The molecule has 14 heavy (non-hydrogen) atoms. The first-order chi connectivity index (χ1) is 6.70. The van der Waals surface area contributed by atoms with Gasteiger partial charge in [-0.05, 0) is 44.1 Å². The Morgan fingerprint density at radius 2 is 1.71 bits per heavy atom. The van der Waals surface area contributed by atoms with Crippen molar-refractivity contribution in [3.05, 3.63) is 0 Å². The minimum Gasteiger partial charge on any atom is -0.424 e. The van der Waals surface area contributed by atoms with Crippen molar-refractivity contribution in [2.45, 2.75) is 59.0 Å². The molecular formula is C11H27NOSi. The fourth-order valence-electron chi connectivity index (χ4n) is 2.41. The van der Waals surface area contributed by atoms with Crippen LogP contribution in [0.1, 0.15) is 52.9 Å². The van der Waals surface area contributed by atoms with Gasteiger partial charge in [0, 0.05) is 6.10 Å². The quantitative estimate of drug-likeness (QED) is 0.627. The fourth-order valence-corrected chi connectivity index (χ4v) is 3.15. The zero-order valence-electron chi connectivity index (χ0n) is 10.3. The molecule has 0 aliphatic heterocycles. The minimum atomic E-state index is 0.400. The summed E-state index contributed by atoms with van der Waals surface area (Å²) in [6, 6.07) is 0. The lowest BCUT2D eigenvalue weighted by Crippen LogP contribution is -2.36. The maximum atomic E-state index is 5.77. The van der Waals surface area contributed by atoms with E-state index in [0.29, 0.717) is 11.5 Å². The predicted molar refractivity (Wildman–Crippen MR) is 66.4 cm³/mol. The second-order valence-corrected chi connectivity index (χ2v) is 4.55. The number of hydrogen-bond donors (Lipinski definition) is 1. The number of hydrogen-bond acceptors (Lipinski definition) is 2. The van der Waals surface area contributed by atoms with Crippen molar-refractivity contribution < 1.29 is 4.43 Å². The van der Waals surface area contributed by atoms with Gasteiger partial charge in [0.15, 0.2) is 0 Å². The van der Waals surface area contributed by atoms with Gasteiger partial charge in [-0.25, -0.2) is 0 Å². The summed E-state index contributed by atoms with van der Waals surface area (Å²) in [5.74, 6) is 0. The summed E-state index contributed by atoms with van der Waals surface area (Å²) >= 11 is 0. The van der Waals surface area contributed by atoms with Crippen molar-refractivity contribution in [2.24, 2.45) is 11.1 Å². The van der Waals surface area contributed by atoms with Crippen LogP contribution in [-0.2, 0) is 4.43 Å². The van der Waals surface area contributed by atoms with Crippen LogP contribution in [0.15, 0.2) is 0 Å². The van der Waals surface area contributed by atoms with E-state index in [4.69, 9.17) is 10.2 Å². The van der Waals surface area contributed by atoms with Crippen molar-refractivity contribution in [1.29, 1.82) is 0 Å². The van der Waals surface area contributed by atoms with Gasteiger partial charge in [-0.3, -0.25) is 0 Å². The molecular weight excluding hydrogens is 190 g/mol. The molecule has 0 fully saturated rings. The van der Waals surface area contributed by atoms with Gasteiger partial charge >= 0.3 is 0 Å². The number of rotatable bonds is 8. The van der Waals surface area contributed by atoms with Gasteiger partial charge in [-0.15, -0.1) is 0 Å². The van der Waals surface area contributed by atoms with Crippen LogP contribution < -0.4 is 5.73 Å². The van der Waals surface area contributed by atoms with Crippen molar-refractivity contribution in [2.75, 3.05) is 6.54 Å². The lowest BCUT2D eigenvalue weighted by molar-refractivity contribution is 0.0335. The van der Waals surface area contributed by atoms with Gasteiger partial charge in [0.25, 0.3) is 0 Å². The molecule has 0 saturated heterocycles. The highest BCUT2D eigenvalue weighted by molar-refractivity contribution is 5.98. The highest BCUT2D eigenvalue weighted by atomic mass is 28.2. The molecule has 0 aromatic carbocycles. The standard InChI is InChI=1S/C11H27NOSi/c1-4-11(5-2,6-3)10(13-14)8-7-9-12/h10H,4-9,12H2,1-3,14H3. The van der Waals surface area contributed by atoms with Crippen LogP contribution in [0.4, 0.5) is 0 Å². The van der Waals surface area contributed by atoms with E-state index in [2.05, 4.69) is 20.8 Å². The van der Waals surface area contributed by atoms with Crippen LogP contribution in [-0.4, -0.2) is 23.1 Å². The first kappa shape index (κ1) is 14.1. The molecule has 0 aliphatic carbocycles. The first-order valence-corrected chi connectivity index (χ1v) is 6.75. The molecule has 0 rings (SSSR count). The third-order valence-electron chi connectivity index (χ3n) is 3.75. The molecule has 2 nitrogen and oxygen atoms in total. The molecule has 0 amide bonds. The van der Waals surface area contributed by atoms with E-state index in [1.54, 1.807) is 0 Å². The Morgan fingerprint density at radius 1 is 1.21 bits per heavy atom. The Bertz CT molecular complexity index is 129. The van der Waals surface area contributed by atoms with E-state index in [1.165, 1.54) is 19.3 Å². The molecule has 2 N–H and O–H groups in total.